The molecule has 194 valence electrons. The van der Waals surface area contributed by atoms with Crippen LogP contribution in [0, 0.1) is 5.92 Å². The lowest BCUT2D eigenvalue weighted by Crippen LogP contribution is -2.30. The zero-order valence-electron chi connectivity index (χ0n) is 22.1. The zero-order chi connectivity index (χ0) is 26.6. The summed E-state index contributed by atoms with van der Waals surface area (Å²) in [5, 5.41) is 19.8. The minimum atomic E-state index is -1.02. The van der Waals surface area contributed by atoms with E-state index in [0.29, 0.717) is 17.7 Å². The van der Waals surface area contributed by atoms with Crippen molar-refractivity contribution < 1.29 is 29.3 Å². The molecule has 0 heterocycles. The first-order chi connectivity index (χ1) is 16.4. The van der Waals surface area contributed by atoms with Crippen molar-refractivity contribution in [1.29, 1.82) is 0 Å². The van der Waals surface area contributed by atoms with Crippen molar-refractivity contribution in [2.24, 2.45) is 5.92 Å². The highest BCUT2D eigenvalue weighted by atomic mass is 16.5. The van der Waals surface area contributed by atoms with Gasteiger partial charge < -0.3 is 19.7 Å². The van der Waals surface area contributed by atoms with E-state index in [1.54, 1.807) is 18.2 Å². The van der Waals surface area contributed by atoms with Crippen LogP contribution < -0.4 is 4.74 Å². The lowest BCUT2D eigenvalue weighted by atomic mass is 9.93. The first kappa shape index (κ1) is 30.2. The summed E-state index contributed by atoms with van der Waals surface area (Å²) in [5.74, 6) is -0.174. The normalized spacial score (nSPS) is 14.9. The van der Waals surface area contributed by atoms with Crippen LogP contribution in [0.5, 0.6) is 11.5 Å². The zero-order valence-corrected chi connectivity index (χ0v) is 22.1. The second kappa shape index (κ2) is 14.5. The Morgan fingerprint density at radius 3 is 2.51 bits per heavy atom. The van der Waals surface area contributed by atoms with E-state index in [0.717, 1.165) is 31.3 Å². The third kappa shape index (κ3) is 11.0. The number of hydrogen-bond acceptors (Lipinski definition) is 6. The van der Waals surface area contributed by atoms with Gasteiger partial charge in [0.2, 0.25) is 0 Å². The first-order valence-corrected chi connectivity index (χ1v) is 12.1. The highest BCUT2D eigenvalue weighted by Crippen LogP contribution is 2.30. The maximum atomic E-state index is 12.3. The Hall–Kier alpha value is -2.86. The molecule has 6 nitrogen and oxygen atoms in total. The number of ether oxygens (including phenoxy) is 2. The standard InChI is InChI=1S/C29H42O6/c1-8-29(6,35-26-15-14-24(30)18-23(26)19-27(32)34-7)16-10-12-21(4)11-9-13-22(5)28(33)25(31)17-20(2)3/h8,12,14-15,17-18,22,25,30-31H,1,9-11,13,16,19H2,2-7H3/t22-,25+,29+/m1/s1. The summed E-state index contributed by atoms with van der Waals surface area (Å²) in [6, 6.07) is 4.67. The van der Waals surface area contributed by atoms with Gasteiger partial charge >= 0.3 is 5.97 Å². The third-order valence-corrected chi connectivity index (χ3v) is 5.99. The second-order valence-corrected chi connectivity index (χ2v) is 9.64. The smallest absolute Gasteiger partial charge is 0.310 e. The number of phenols is 1. The molecule has 0 amide bonds. The van der Waals surface area contributed by atoms with Crippen LogP contribution in [0.4, 0.5) is 0 Å². The number of carbonyl (C=O) groups is 2. The molecule has 6 heteroatoms. The van der Waals surface area contributed by atoms with Gasteiger partial charge in [0.15, 0.2) is 5.78 Å². The Kier molecular flexibility index (Phi) is 12.5. The fraction of sp³-hybridized carbons (Fsp3) is 0.517. The van der Waals surface area contributed by atoms with Gasteiger partial charge in [-0.2, -0.15) is 0 Å². The van der Waals surface area contributed by atoms with Crippen LogP contribution in [-0.4, -0.2) is 40.8 Å². The van der Waals surface area contributed by atoms with Gasteiger partial charge in [0.25, 0.3) is 0 Å². The van der Waals surface area contributed by atoms with Gasteiger partial charge in [0.1, 0.15) is 23.2 Å². The monoisotopic (exact) mass is 486 g/mol. The molecular formula is C29H42O6. The van der Waals surface area contributed by atoms with Gasteiger partial charge in [-0.3, -0.25) is 9.59 Å². The van der Waals surface area contributed by atoms with Crippen molar-refractivity contribution in [3.63, 3.8) is 0 Å². The minimum absolute atomic E-state index is 0.00123. The number of aliphatic hydroxyl groups excluding tert-OH is 1. The molecule has 0 aromatic heterocycles. The summed E-state index contributed by atoms with van der Waals surface area (Å²) in [4.78, 5) is 24.0. The van der Waals surface area contributed by atoms with Gasteiger partial charge in [0.05, 0.1) is 13.5 Å². The van der Waals surface area contributed by atoms with Gasteiger partial charge in [0, 0.05) is 11.5 Å². The molecule has 0 fully saturated rings. The Morgan fingerprint density at radius 2 is 1.91 bits per heavy atom. The maximum absolute atomic E-state index is 12.3. The van der Waals surface area contributed by atoms with Crippen LogP contribution in [0.1, 0.15) is 72.3 Å². The van der Waals surface area contributed by atoms with Crippen molar-refractivity contribution in [2.45, 2.75) is 84.8 Å². The van der Waals surface area contributed by atoms with E-state index in [-0.39, 0.29) is 23.9 Å². The number of Topliss-reactive ketones (excluding diaryl/α,β-unsaturated/α-hetero) is 1. The van der Waals surface area contributed by atoms with Gasteiger partial charge in [-0.1, -0.05) is 36.8 Å². The molecular weight excluding hydrogens is 444 g/mol. The number of benzene rings is 1. The summed E-state index contributed by atoms with van der Waals surface area (Å²) < 4.78 is 11.0. The Balaban J connectivity index is 2.65. The number of esters is 1. The summed E-state index contributed by atoms with van der Waals surface area (Å²) in [6.07, 6.45) is 8.41. The van der Waals surface area contributed by atoms with E-state index in [1.807, 2.05) is 27.7 Å². The molecule has 35 heavy (non-hydrogen) atoms. The molecule has 0 saturated carbocycles. The van der Waals surface area contributed by atoms with E-state index in [2.05, 4.69) is 19.6 Å². The molecule has 0 bridgehead atoms. The molecule has 0 aliphatic carbocycles. The first-order valence-electron chi connectivity index (χ1n) is 12.1. The van der Waals surface area contributed by atoms with Crippen molar-refractivity contribution in [2.75, 3.05) is 7.11 Å². The van der Waals surface area contributed by atoms with Crippen molar-refractivity contribution in [3.8, 4) is 11.5 Å². The fourth-order valence-electron chi connectivity index (χ4n) is 3.70. The van der Waals surface area contributed by atoms with Crippen LogP contribution in [-0.2, 0) is 20.7 Å². The molecule has 0 spiro atoms. The predicted molar refractivity (Wildman–Crippen MR) is 140 cm³/mol. The van der Waals surface area contributed by atoms with Crippen LogP contribution in [0.3, 0.4) is 0 Å². The minimum Gasteiger partial charge on any atom is -0.508 e. The maximum Gasteiger partial charge on any atom is 0.310 e. The summed E-state index contributed by atoms with van der Waals surface area (Å²) >= 11 is 0. The highest BCUT2D eigenvalue weighted by Gasteiger charge is 2.24. The quantitative estimate of drug-likeness (QED) is 0.238. The summed E-state index contributed by atoms with van der Waals surface area (Å²) in [5.41, 5.74) is 2.05. The summed E-state index contributed by atoms with van der Waals surface area (Å²) in [7, 11) is 1.32. The van der Waals surface area contributed by atoms with Gasteiger partial charge in [-0.25, -0.2) is 0 Å². The van der Waals surface area contributed by atoms with E-state index >= 15 is 0 Å². The molecule has 2 N–H and O–H groups in total. The average Bonchev–Trinajstić information content (AvgIpc) is 2.79. The van der Waals surface area contributed by atoms with Gasteiger partial charge in [-0.05, 0) is 84.1 Å². The number of carbonyl (C=O) groups excluding carboxylic acids is 2. The predicted octanol–water partition coefficient (Wildman–Crippen LogP) is 5.86. The Labute approximate surface area is 210 Å². The molecule has 3 atom stereocenters. The number of phenolic OH excluding ortho intramolecular Hbond substituents is 1. The Bertz CT molecular complexity index is 925. The largest absolute Gasteiger partial charge is 0.508 e. The third-order valence-electron chi connectivity index (χ3n) is 5.99. The van der Waals surface area contributed by atoms with E-state index in [4.69, 9.17) is 9.47 Å². The highest BCUT2D eigenvalue weighted by molar-refractivity contribution is 5.86. The molecule has 0 radical (unpaired) electrons. The van der Waals surface area contributed by atoms with Crippen LogP contribution in [0.15, 0.2) is 54.2 Å². The molecule has 0 saturated heterocycles. The number of aliphatic hydroxyl groups is 1. The number of hydrogen-bond donors (Lipinski definition) is 2. The lowest BCUT2D eigenvalue weighted by Gasteiger charge is -2.28. The van der Waals surface area contributed by atoms with E-state index < -0.39 is 17.7 Å². The molecule has 0 aliphatic heterocycles. The number of rotatable bonds is 15. The topological polar surface area (TPSA) is 93.1 Å². The van der Waals surface area contributed by atoms with E-state index in [9.17, 15) is 19.8 Å². The second-order valence-electron chi connectivity index (χ2n) is 9.64. The number of aromatic hydroxyl groups is 1. The van der Waals surface area contributed by atoms with Crippen molar-refractivity contribution in [1.82, 2.24) is 0 Å². The molecule has 1 aromatic carbocycles. The summed E-state index contributed by atoms with van der Waals surface area (Å²) in [6.45, 7) is 13.5. The van der Waals surface area contributed by atoms with Crippen LogP contribution in [0.2, 0.25) is 0 Å². The van der Waals surface area contributed by atoms with Crippen molar-refractivity contribution >= 4 is 11.8 Å². The lowest BCUT2D eigenvalue weighted by molar-refractivity contribution is -0.139. The van der Waals surface area contributed by atoms with Crippen LogP contribution in [0.25, 0.3) is 0 Å². The molecule has 0 aliphatic rings. The Morgan fingerprint density at radius 1 is 1.23 bits per heavy atom. The van der Waals surface area contributed by atoms with Crippen molar-refractivity contribution in [3.05, 3.63) is 59.7 Å². The van der Waals surface area contributed by atoms with Crippen LogP contribution >= 0.6 is 0 Å². The van der Waals surface area contributed by atoms with Gasteiger partial charge in [-0.15, -0.1) is 0 Å². The van der Waals surface area contributed by atoms with E-state index in [1.165, 1.54) is 24.8 Å². The molecule has 1 aromatic rings. The molecule has 1 rings (SSSR count). The number of ketones is 1. The number of allylic oxidation sites excluding steroid dienone is 3. The number of methoxy groups -OCH3 is 1. The fourth-order valence-corrected chi connectivity index (χ4v) is 3.70. The molecule has 0 unspecified atom stereocenters. The SMILES string of the molecule is C=C[C@@](C)(CCC=C(C)CCC[C@@H](C)C(=O)[C@@H](O)C=C(C)C)Oc1ccc(O)cc1CC(=O)OC. The average molecular weight is 487 g/mol.